The van der Waals surface area contributed by atoms with Crippen molar-refractivity contribution < 1.29 is 14.0 Å². The number of thiol groups is 1. The first-order valence-electron chi connectivity index (χ1n) is 10.0. The average molecular weight is 495 g/mol. The summed E-state index contributed by atoms with van der Waals surface area (Å²) < 4.78 is 13.3. The van der Waals surface area contributed by atoms with Crippen LogP contribution in [0, 0.1) is 12.7 Å². The normalized spacial score (nSPS) is 12.0. The summed E-state index contributed by atoms with van der Waals surface area (Å²) in [5.74, 6) is -0.703. The number of nitrogens with one attached hydrogen (secondary N) is 3. The van der Waals surface area contributed by atoms with E-state index >= 15 is 0 Å². The molecule has 2 aromatic carbocycles. The second-order valence-electron chi connectivity index (χ2n) is 7.23. The van der Waals surface area contributed by atoms with Gasteiger partial charge in [0.1, 0.15) is 23.0 Å². The van der Waals surface area contributed by atoms with Crippen molar-refractivity contribution in [1.82, 2.24) is 20.6 Å². The topological polar surface area (TPSA) is 112 Å². The van der Waals surface area contributed by atoms with Crippen molar-refractivity contribution in [3.63, 3.8) is 0 Å². The number of amides is 2. The Morgan fingerprint density at radius 3 is 2.79 bits per heavy atom. The number of anilines is 1. The molecule has 0 saturated carbocycles. The fourth-order valence-corrected chi connectivity index (χ4v) is 4.38. The summed E-state index contributed by atoms with van der Waals surface area (Å²) in [6, 6.07) is 12.8. The van der Waals surface area contributed by atoms with E-state index in [0.29, 0.717) is 33.1 Å². The van der Waals surface area contributed by atoms with Crippen molar-refractivity contribution in [3.8, 4) is 0 Å². The smallest absolute Gasteiger partial charge is 0.274 e. The Balaban J connectivity index is 1.47. The fourth-order valence-electron chi connectivity index (χ4n) is 3.16. The Hall–Kier alpha value is -3.83. The minimum absolute atomic E-state index is 0.305. The van der Waals surface area contributed by atoms with E-state index in [0.717, 1.165) is 5.56 Å². The van der Waals surface area contributed by atoms with Crippen LogP contribution >= 0.6 is 24.0 Å². The third-order valence-electron chi connectivity index (χ3n) is 4.81. The minimum atomic E-state index is -0.490. The van der Waals surface area contributed by atoms with Crippen LogP contribution in [-0.4, -0.2) is 33.2 Å². The molecule has 0 bridgehead atoms. The Kier molecular flexibility index (Phi) is 7.14. The molecule has 2 heterocycles. The molecule has 0 spiro atoms. The molecule has 4 rings (SSSR count). The summed E-state index contributed by atoms with van der Waals surface area (Å²) in [6.45, 7) is 1.76. The Morgan fingerprint density at radius 1 is 1.21 bits per heavy atom. The quantitative estimate of drug-likeness (QED) is 0.174. The molecule has 1 atom stereocenters. The van der Waals surface area contributed by atoms with Gasteiger partial charge in [0.25, 0.3) is 11.8 Å². The minimum Gasteiger partial charge on any atom is -0.313 e. The maximum absolute atomic E-state index is 13.3. The van der Waals surface area contributed by atoms with Crippen LogP contribution < -0.4 is 10.7 Å². The highest BCUT2D eigenvalue weighted by molar-refractivity contribution is 7.80. The summed E-state index contributed by atoms with van der Waals surface area (Å²) >= 11 is 5.79. The van der Waals surface area contributed by atoms with E-state index in [-0.39, 0.29) is 11.2 Å². The van der Waals surface area contributed by atoms with Crippen LogP contribution in [0.1, 0.15) is 48.5 Å². The van der Waals surface area contributed by atoms with Gasteiger partial charge < -0.3 is 5.32 Å². The lowest BCUT2D eigenvalue weighted by Gasteiger charge is -2.11. The van der Waals surface area contributed by atoms with E-state index in [2.05, 4.69) is 43.7 Å². The number of aryl methyl sites for hydroxylation is 1. The van der Waals surface area contributed by atoms with Gasteiger partial charge in [-0.2, -0.15) is 22.8 Å². The lowest BCUT2D eigenvalue weighted by Crippen LogP contribution is -2.21. The second-order valence-corrected chi connectivity index (χ2v) is 8.63. The number of benzene rings is 2. The van der Waals surface area contributed by atoms with Crippen LogP contribution in [0.2, 0.25) is 0 Å². The van der Waals surface area contributed by atoms with Gasteiger partial charge in [0.05, 0.1) is 17.0 Å². The molecule has 34 heavy (non-hydrogen) atoms. The number of nitrogens with zero attached hydrogens (tertiary/aromatic N) is 3. The summed E-state index contributed by atoms with van der Waals surface area (Å²) in [6.07, 6.45) is 2.73. The number of aromatic amines is 1. The zero-order valence-corrected chi connectivity index (χ0v) is 19.5. The van der Waals surface area contributed by atoms with E-state index < -0.39 is 11.7 Å². The van der Waals surface area contributed by atoms with Crippen LogP contribution in [-0.2, 0) is 0 Å². The molecule has 0 aliphatic heterocycles. The first-order chi connectivity index (χ1) is 16.4. The SMILES string of the molecule is Cc1csc(NC(=O)c2cccc(C(S)c3ncn[nH]3)c2)c1C(=O)N/N=C/c1cccc(F)c1. The van der Waals surface area contributed by atoms with Crippen LogP contribution in [0.25, 0.3) is 0 Å². The zero-order chi connectivity index (χ0) is 24.1. The zero-order valence-electron chi connectivity index (χ0n) is 17.8. The molecule has 11 heteroatoms. The molecule has 0 aliphatic carbocycles. The van der Waals surface area contributed by atoms with Crippen molar-refractivity contribution in [2.24, 2.45) is 5.10 Å². The highest BCUT2D eigenvalue weighted by Crippen LogP contribution is 2.29. The number of hydrogen-bond acceptors (Lipinski definition) is 7. The fraction of sp³-hybridized carbons (Fsp3) is 0.0870. The Bertz CT molecular complexity index is 1350. The second kappa shape index (κ2) is 10.4. The molecule has 0 radical (unpaired) electrons. The van der Waals surface area contributed by atoms with E-state index in [1.54, 1.807) is 42.6 Å². The van der Waals surface area contributed by atoms with Crippen LogP contribution in [0.5, 0.6) is 0 Å². The summed E-state index contributed by atoms with van der Waals surface area (Å²) in [4.78, 5) is 29.8. The third kappa shape index (κ3) is 5.38. The number of hydrogen-bond donors (Lipinski definition) is 4. The lowest BCUT2D eigenvalue weighted by molar-refractivity contribution is 0.0956. The molecular weight excluding hydrogens is 475 g/mol. The number of rotatable bonds is 7. The largest absolute Gasteiger partial charge is 0.313 e. The summed E-state index contributed by atoms with van der Waals surface area (Å²) in [5.41, 5.74) is 5.08. The van der Waals surface area contributed by atoms with Crippen molar-refractivity contribution in [2.75, 3.05) is 5.32 Å². The average Bonchev–Trinajstić information content (AvgIpc) is 3.49. The van der Waals surface area contributed by atoms with Gasteiger partial charge in [-0.05, 0) is 53.3 Å². The third-order valence-corrected chi connectivity index (χ3v) is 6.37. The molecular formula is C23H19FN6O2S2. The van der Waals surface area contributed by atoms with Gasteiger partial charge in [-0.1, -0.05) is 24.3 Å². The van der Waals surface area contributed by atoms with Gasteiger partial charge >= 0.3 is 0 Å². The van der Waals surface area contributed by atoms with E-state index in [4.69, 9.17) is 0 Å². The number of carbonyl (C=O) groups excluding carboxylic acids is 2. The monoisotopic (exact) mass is 494 g/mol. The maximum atomic E-state index is 13.3. The van der Waals surface area contributed by atoms with E-state index in [1.807, 2.05) is 6.07 Å². The predicted molar refractivity (Wildman–Crippen MR) is 132 cm³/mol. The van der Waals surface area contributed by atoms with Gasteiger partial charge in [0.15, 0.2) is 0 Å². The first-order valence-corrected chi connectivity index (χ1v) is 11.4. The van der Waals surface area contributed by atoms with Crippen molar-refractivity contribution in [2.45, 2.75) is 12.2 Å². The van der Waals surface area contributed by atoms with Gasteiger partial charge in [0, 0.05) is 5.56 Å². The van der Waals surface area contributed by atoms with Gasteiger partial charge in [-0.3, -0.25) is 14.7 Å². The molecule has 8 nitrogen and oxygen atoms in total. The van der Waals surface area contributed by atoms with E-state index in [9.17, 15) is 14.0 Å². The number of halogens is 1. The van der Waals surface area contributed by atoms with Crippen molar-refractivity contribution >= 4 is 47.0 Å². The van der Waals surface area contributed by atoms with Crippen LogP contribution in [0.4, 0.5) is 9.39 Å². The van der Waals surface area contributed by atoms with Gasteiger partial charge in [-0.15, -0.1) is 11.3 Å². The molecule has 1 unspecified atom stereocenters. The maximum Gasteiger partial charge on any atom is 0.274 e. The molecule has 2 amide bonds. The number of carbonyl (C=O) groups is 2. The Labute approximate surface area is 203 Å². The van der Waals surface area contributed by atoms with Crippen molar-refractivity contribution in [1.29, 1.82) is 0 Å². The first kappa shape index (κ1) is 23.3. The molecule has 2 aromatic heterocycles. The number of H-pyrrole nitrogens is 1. The predicted octanol–water partition coefficient (Wildman–Crippen LogP) is 4.35. The molecule has 172 valence electrons. The number of thiophene rings is 1. The molecule has 0 fully saturated rings. The van der Waals surface area contributed by atoms with Crippen molar-refractivity contribution in [3.05, 3.63) is 99.7 Å². The van der Waals surface area contributed by atoms with Gasteiger partial charge in [0.2, 0.25) is 0 Å². The summed E-state index contributed by atoms with van der Waals surface area (Å²) in [5, 5.41) is 15.1. The van der Waals surface area contributed by atoms with Crippen LogP contribution in [0.3, 0.4) is 0 Å². The standard InChI is InChI=1S/C23H19FN6O2S2/c1-13-11-34-23(18(13)22(32)30-26-10-14-4-2-7-17(24)8-14)28-21(31)16-6-3-5-15(9-16)19(33)20-25-12-27-29-20/h2-12,19,33H,1H3,(H,28,31)(H,30,32)(H,25,27,29)/b26-10+. The number of aromatic nitrogens is 3. The molecule has 0 aliphatic rings. The van der Waals surface area contributed by atoms with E-state index in [1.165, 1.54) is 36.0 Å². The molecule has 4 aromatic rings. The highest BCUT2D eigenvalue weighted by Gasteiger charge is 2.20. The Morgan fingerprint density at radius 2 is 2.03 bits per heavy atom. The highest BCUT2D eigenvalue weighted by atomic mass is 32.1. The molecule has 0 saturated heterocycles. The summed E-state index contributed by atoms with van der Waals surface area (Å²) in [7, 11) is 0. The van der Waals surface area contributed by atoms with Crippen LogP contribution in [0.15, 0.2) is 65.3 Å². The molecule has 3 N–H and O–H groups in total. The number of hydrazone groups is 1. The van der Waals surface area contributed by atoms with Gasteiger partial charge in [-0.25, -0.2) is 14.8 Å². The lowest BCUT2D eigenvalue weighted by atomic mass is 10.1.